The number of alkyl halides is 1. The zero-order valence-electron chi connectivity index (χ0n) is 8.29. The molecule has 14 heavy (non-hydrogen) atoms. The summed E-state index contributed by atoms with van der Waals surface area (Å²) in [5, 5.41) is 3.06. The second-order valence-corrected chi connectivity index (χ2v) is 3.55. The van der Waals surface area contributed by atoms with Crippen molar-refractivity contribution in [3.05, 3.63) is 5.82 Å². The molecule has 0 unspecified atom stereocenters. The van der Waals surface area contributed by atoms with E-state index < -0.39 is 0 Å². The smallest absolute Gasteiger partial charge is 0.227 e. The Balaban J connectivity index is 2.83. The fraction of sp³-hybridized carbons (Fsp3) is 0.625. The summed E-state index contributed by atoms with van der Waals surface area (Å²) in [7, 11) is 0. The summed E-state index contributed by atoms with van der Waals surface area (Å²) in [6.45, 7) is 4.00. The molecule has 0 aliphatic carbocycles. The molecule has 0 saturated heterocycles. The SMILES string of the molecule is CC(C)Nc1nc(N)nc(CCCl)n1. The van der Waals surface area contributed by atoms with Crippen molar-refractivity contribution in [1.29, 1.82) is 0 Å². The first-order chi connectivity index (χ1) is 6.61. The molecule has 0 amide bonds. The second-order valence-electron chi connectivity index (χ2n) is 3.17. The van der Waals surface area contributed by atoms with Gasteiger partial charge in [-0.25, -0.2) is 0 Å². The third-order valence-corrected chi connectivity index (χ3v) is 1.62. The molecule has 6 heteroatoms. The third kappa shape index (κ3) is 3.33. The summed E-state index contributed by atoms with van der Waals surface area (Å²) in [5.41, 5.74) is 5.52. The molecule has 1 aromatic heterocycles. The molecule has 0 saturated carbocycles. The fourth-order valence-electron chi connectivity index (χ4n) is 0.957. The number of rotatable bonds is 4. The average Bonchev–Trinajstić information content (AvgIpc) is 2.01. The molecule has 3 N–H and O–H groups in total. The Morgan fingerprint density at radius 1 is 1.36 bits per heavy atom. The Labute approximate surface area is 88.1 Å². The van der Waals surface area contributed by atoms with Gasteiger partial charge in [-0.2, -0.15) is 15.0 Å². The lowest BCUT2D eigenvalue weighted by atomic mass is 10.4. The number of aryl methyl sites for hydroxylation is 1. The van der Waals surface area contributed by atoms with Crippen LogP contribution in [0.1, 0.15) is 19.7 Å². The number of hydrogen-bond donors (Lipinski definition) is 2. The molecule has 0 atom stereocenters. The maximum absolute atomic E-state index is 5.58. The largest absolute Gasteiger partial charge is 0.368 e. The highest BCUT2D eigenvalue weighted by Crippen LogP contribution is 2.05. The monoisotopic (exact) mass is 215 g/mol. The first-order valence-corrected chi connectivity index (χ1v) is 4.98. The number of nitrogen functional groups attached to an aromatic ring is 1. The van der Waals surface area contributed by atoms with Crippen LogP contribution >= 0.6 is 11.6 Å². The van der Waals surface area contributed by atoms with Crippen molar-refractivity contribution in [3.63, 3.8) is 0 Å². The van der Waals surface area contributed by atoms with E-state index in [9.17, 15) is 0 Å². The van der Waals surface area contributed by atoms with Gasteiger partial charge in [0.05, 0.1) is 0 Å². The van der Waals surface area contributed by atoms with E-state index in [1.165, 1.54) is 0 Å². The standard InChI is InChI=1S/C8H14ClN5/c1-5(2)11-8-13-6(3-4-9)12-7(10)14-8/h5H,3-4H2,1-2H3,(H3,10,11,12,13,14). The maximum Gasteiger partial charge on any atom is 0.227 e. The summed E-state index contributed by atoms with van der Waals surface area (Å²) >= 11 is 5.58. The van der Waals surface area contributed by atoms with Gasteiger partial charge in [0.25, 0.3) is 0 Å². The van der Waals surface area contributed by atoms with E-state index in [1.807, 2.05) is 13.8 Å². The van der Waals surface area contributed by atoms with Gasteiger partial charge < -0.3 is 11.1 Å². The van der Waals surface area contributed by atoms with Crippen LogP contribution < -0.4 is 11.1 Å². The van der Waals surface area contributed by atoms with Crippen LogP contribution in [0.5, 0.6) is 0 Å². The first kappa shape index (κ1) is 11.0. The molecule has 1 aromatic rings. The van der Waals surface area contributed by atoms with Crippen LogP contribution in [-0.2, 0) is 6.42 Å². The first-order valence-electron chi connectivity index (χ1n) is 4.44. The van der Waals surface area contributed by atoms with Crippen molar-refractivity contribution in [2.24, 2.45) is 0 Å². The molecule has 5 nitrogen and oxygen atoms in total. The van der Waals surface area contributed by atoms with Gasteiger partial charge in [-0.1, -0.05) is 0 Å². The lowest BCUT2D eigenvalue weighted by Crippen LogP contribution is -2.15. The lowest BCUT2D eigenvalue weighted by Gasteiger charge is -2.08. The minimum absolute atomic E-state index is 0.225. The second kappa shape index (κ2) is 4.95. The van der Waals surface area contributed by atoms with Gasteiger partial charge in [-0.05, 0) is 13.8 Å². The molecule has 0 aliphatic heterocycles. The Kier molecular flexibility index (Phi) is 3.88. The van der Waals surface area contributed by atoms with Crippen molar-refractivity contribution < 1.29 is 0 Å². The van der Waals surface area contributed by atoms with Gasteiger partial charge in [0.1, 0.15) is 5.82 Å². The summed E-state index contributed by atoms with van der Waals surface area (Å²) in [6.07, 6.45) is 0.598. The van der Waals surface area contributed by atoms with E-state index in [1.54, 1.807) is 0 Å². The highest BCUT2D eigenvalue weighted by molar-refractivity contribution is 6.17. The quantitative estimate of drug-likeness (QED) is 0.735. The van der Waals surface area contributed by atoms with Crippen molar-refractivity contribution in [2.45, 2.75) is 26.3 Å². The summed E-state index contributed by atoms with van der Waals surface area (Å²) in [5.74, 6) is 1.83. The minimum atomic E-state index is 0.225. The van der Waals surface area contributed by atoms with Crippen LogP contribution in [0.25, 0.3) is 0 Å². The number of anilines is 2. The third-order valence-electron chi connectivity index (χ3n) is 1.43. The van der Waals surface area contributed by atoms with Gasteiger partial charge >= 0.3 is 0 Å². The minimum Gasteiger partial charge on any atom is -0.368 e. The molecule has 0 radical (unpaired) electrons. The van der Waals surface area contributed by atoms with Crippen molar-refractivity contribution in [1.82, 2.24) is 15.0 Å². The maximum atomic E-state index is 5.58. The summed E-state index contributed by atoms with van der Waals surface area (Å²) in [6, 6.07) is 0.264. The molecule has 0 bridgehead atoms. The van der Waals surface area contributed by atoms with Crippen LogP contribution in [0.3, 0.4) is 0 Å². The van der Waals surface area contributed by atoms with Gasteiger partial charge in [-0.3, -0.25) is 0 Å². The van der Waals surface area contributed by atoms with E-state index in [4.69, 9.17) is 17.3 Å². The molecule has 0 aliphatic rings. The molecule has 0 aromatic carbocycles. The Bertz CT molecular complexity index is 302. The normalized spacial score (nSPS) is 10.6. The number of halogens is 1. The predicted octanol–water partition coefficient (Wildman–Crippen LogP) is 1.06. The molecular weight excluding hydrogens is 202 g/mol. The van der Waals surface area contributed by atoms with Crippen molar-refractivity contribution in [3.8, 4) is 0 Å². The number of hydrogen-bond acceptors (Lipinski definition) is 5. The fourth-order valence-corrected chi connectivity index (χ4v) is 1.13. The molecule has 0 spiro atoms. The van der Waals surface area contributed by atoms with Crippen LogP contribution in [0.2, 0.25) is 0 Å². The van der Waals surface area contributed by atoms with E-state index in [0.29, 0.717) is 24.1 Å². The van der Waals surface area contributed by atoms with Gasteiger partial charge in [0.2, 0.25) is 11.9 Å². The van der Waals surface area contributed by atoms with Crippen LogP contribution in [0, 0.1) is 0 Å². The summed E-state index contributed by atoms with van der Waals surface area (Å²) in [4.78, 5) is 12.1. The van der Waals surface area contributed by atoms with Crippen molar-refractivity contribution >= 4 is 23.5 Å². The van der Waals surface area contributed by atoms with Gasteiger partial charge in [0, 0.05) is 18.3 Å². The number of nitrogens with two attached hydrogens (primary N) is 1. The van der Waals surface area contributed by atoms with E-state index in [0.717, 1.165) is 0 Å². The topological polar surface area (TPSA) is 76.7 Å². The Morgan fingerprint density at radius 2 is 2.07 bits per heavy atom. The van der Waals surface area contributed by atoms with Crippen LogP contribution in [0.15, 0.2) is 0 Å². The zero-order chi connectivity index (χ0) is 10.6. The zero-order valence-corrected chi connectivity index (χ0v) is 9.04. The number of nitrogens with zero attached hydrogens (tertiary/aromatic N) is 3. The Morgan fingerprint density at radius 3 is 2.64 bits per heavy atom. The molecule has 0 fully saturated rings. The lowest BCUT2D eigenvalue weighted by molar-refractivity contribution is 0.845. The van der Waals surface area contributed by atoms with Crippen LogP contribution in [0.4, 0.5) is 11.9 Å². The predicted molar refractivity (Wildman–Crippen MR) is 57.4 cm³/mol. The number of nitrogens with one attached hydrogen (secondary N) is 1. The highest BCUT2D eigenvalue weighted by Gasteiger charge is 2.04. The van der Waals surface area contributed by atoms with E-state index in [-0.39, 0.29) is 12.0 Å². The highest BCUT2D eigenvalue weighted by atomic mass is 35.5. The number of aromatic nitrogens is 3. The van der Waals surface area contributed by atoms with Gasteiger partial charge in [0.15, 0.2) is 0 Å². The van der Waals surface area contributed by atoms with E-state index >= 15 is 0 Å². The van der Waals surface area contributed by atoms with Gasteiger partial charge in [-0.15, -0.1) is 11.6 Å². The molecule has 78 valence electrons. The Hall–Kier alpha value is -1.10. The van der Waals surface area contributed by atoms with Crippen molar-refractivity contribution in [2.75, 3.05) is 16.9 Å². The molecule has 1 heterocycles. The van der Waals surface area contributed by atoms with Crippen LogP contribution in [-0.4, -0.2) is 26.9 Å². The van der Waals surface area contributed by atoms with E-state index in [2.05, 4.69) is 20.3 Å². The summed E-state index contributed by atoms with van der Waals surface area (Å²) < 4.78 is 0. The average molecular weight is 216 g/mol. The molecule has 1 rings (SSSR count). The molecular formula is C8H14ClN5.